The summed E-state index contributed by atoms with van der Waals surface area (Å²) in [5.74, 6) is -0.577. The lowest BCUT2D eigenvalue weighted by Crippen LogP contribution is -2.24. The van der Waals surface area contributed by atoms with Crippen LogP contribution in [0.4, 0.5) is 0 Å². The molecule has 1 aromatic carbocycles. The van der Waals surface area contributed by atoms with Crippen LogP contribution in [0.15, 0.2) is 82.5 Å². The van der Waals surface area contributed by atoms with Crippen molar-refractivity contribution in [1.82, 2.24) is 4.98 Å². The topological polar surface area (TPSA) is 146 Å². The molecule has 0 saturated carbocycles. The van der Waals surface area contributed by atoms with E-state index in [4.69, 9.17) is 15.6 Å². The van der Waals surface area contributed by atoms with Gasteiger partial charge in [0, 0.05) is 29.6 Å². The highest BCUT2D eigenvalue weighted by atomic mass is 16.5. The number of pyridine rings is 1. The number of carbonyl (C=O) groups is 1. The normalized spacial score (nSPS) is 16.0. The van der Waals surface area contributed by atoms with Crippen molar-refractivity contribution in [3.8, 4) is 0 Å². The first-order valence-electron chi connectivity index (χ1n) is 10.6. The molecule has 0 bridgehead atoms. The summed E-state index contributed by atoms with van der Waals surface area (Å²) in [7, 11) is 0. The summed E-state index contributed by atoms with van der Waals surface area (Å²) in [6.45, 7) is -0.0646. The molecule has 0 spiro atoms. The number of fused-ring (bicyclic) bond motifs is 1. The number of benzene rings is 1. The van der Waals surface area contributed by atoms with Gasteiger partial charge in [-0.3, -0.25) is 9.59 Å². The SMILES string of the molecule is N/C(=C\C1=CC=CC(OC[C@@H](O)C[C@@H](O)CC(=O)O)=CC1)Cc1cc2ccccc2[nH]c1=O. The molecule has 1 aliphatic carbocycles. The molecule has 2 aromatic rings. The van der Waals surface area contributed by atoms with E-state index in [0.717, 1.165) is 16.5 Å². The second kappa shape index (κ2) is 11.3. The van der Waals surface area contributed by atoms with Crippen LogP contribution in [0.3, 0.4) is 0 Å². The molecule has 8 nitrogen and oxygen atoms in total. The van der Waals surface area contributed by atoms with E-state index >= 15 is 0 Å². The molecule has 2 atom stereocenters. The lowest BCUT2D eigenvalue weighted by Gasteiger charge is -2.15. The minimum Gasteiger partial charge on any atom is -0.491 e. The summed E-state index contributed by atoms with van der Waals surface area (Å²) in [6.07, 6.45) is 7.32. The maximum absolute atomic E-state index is 12.3. The molecular formula is C25H28N2O6. The first kappa shape index (κ1) is 24.0. The van der Waals surface area contributed by atoms with Crippen LogP contribution in [0.2, 0.25) is 0 Å². The number of para-hydroxylation sites is 1. The van der Waals surface area contributed by atoms with Crippen molar-refractivity contribution in [3.05, 3.63) is 93.7 Å². The number of hydrogen-bond donors (Lipinski definition) is 5. The molecule has 174 valence electrons. The van der Waals surface area contributed by atoms with Gasteiger partial charge in [-0.05, 0) is 47.7 Å². The maximum Gasteiger partial charge on any atom is 0.305 e. The second-order valence-corrected chi connectivity index (χ2v) is 7.97. The van der Waals surface area contributed by atoms with Crippen molar-refractivity contribution >= 4 is 16.9 Å². The van der Waals surface area contributed by atoms with Crippen LogP contribution in [0, 0.1) is 0 Å². The Bertz CT molecular complexity index is 1170. The third kappa shape index (κ3) is 7.48. The van der Waals surface area contributed by atoms with Gasteiger partial charge in [-0.1, -0.05) is 30.4 Å². The molecule has 6 N–H and O–H groups in total. The van der Waals surface area contributed by atoms with Gasteiger partial charge in [0.25, 0.3) is 5.56 Å². The minimum atomic E-state index is -1.13. The van der Waals surface area contributed by atoms with Gasteiger partial charge in [0.15, 0.2) is 0 Å². The number of nitrogens with two attached hydrogens (primary N) is 1. The van der Waals surface area contributed by atoms with Crippen LogP contribution in [-0.2, 0) is 16.0 Å². The summed E-state index contributed by atoms with van der Waals surface area (Å²) in [5.41, 5.74) is 8.89. The molecule has 0 radical (unpaired) electrons. The Labute approximate surface area is 191 Å². The summed E-state index contributed by atoms with van der Waals surface area (Å²) in [6, 6.07) is 9.42. The summed E-state index contributed by atoms with van der Waals surface area (Å²) >= 11 is 0. The van der Waals surface area contributed by atoms with Crippen molar-refractivity contribution in [2.45, 2.75) is 37.9 Å². The van der Waals surface area contributed by atoms with Crippen LogP contribution < -0.4 is 11.3 Å². The van der Waals surface area contributed by atoms with Gasteiger partial charge >= 0.3 is 5.97 Å². The summed E-state index contributed by atoms with van der Waals surface area (Å²) < 4.78 is 5.57. The highest BCUT2D eigenvalue weighted by Gasteiger charge is 2.16. The Morgan fingerprint density at radius 3 is 2.82 bits per heavy atom. The number of rotatable bonds is 10. The van der Waals surface area contributed by atoms with Gasteiger partial charge in [-0.25, -0.2) is 0 Å². The minimum absolute atomic E-state index is 0.0646. The first-order valence-corrected chi connectivity index (χ1v) is 10.6. The van der Waals surface area contributed by atoms with E-state index < -0.39 is 24.6 Å². The number of aliphatic hydroxyl groups excluding tert-OH is 2. The number of allylic oxidation sites excluding steroid dienone is 7. The van der Waals surface area contributed by atoms with Crippen molar-refractivity contribution < 1.29 is 24.9 Å². The number of aromatic amines is 1. The number of aliphatic carboxylic acids is 1. The zero-order valence-corrected chi connectivity index (χ0v) is 18.1. The molecule has 0 aliphatic heterocycles. The number of aliphatic hydroxyl groups is 2. The Morgan fingerprint density at radius 2 is 2.03 bits per heavy atom. The molecule has 0 saturated heterocycles. The fourth-order valence-electron chi connectivity index (χ4n) is 3.53. The van der Waals surface area contributed by atoms with Gasteiger partial charge in [0.1, 0.15) is 12.4 Å². The number of aromatic nitrogens is 1. The highest BCUT2D eigenvalue weighted by Crippen LogP contribution is 2.17. The average Bonchev–Trinajstić information content (AvgIpc) is 2.97. The predicted octanol–water partition coefficient (Wildman–Crippen LogP) is 2.29. The summed E-state index contributed by atoms with van der Waals surface area (Å²) in [5, 5.41) is 29.1. The van der Waals surface area contributed by atoms with Gasteiger partial charge in [0.2, 0.25) is 0 Å². The van der Waals surface area contributed by atoms with Crippen molar-refractivity contribution in [2.24, 2.45) is 5.73 Å². The fraction of sp³-hybridized carbons (Fsp3) is 0.280. The maximum atomic E-state index is 12.3. The van der Waals surface area contributed by atoms with Crippen LogP contribution in [0.5, 0.6) is 0 Å². The molecule has 0 amide bonds. The third-order valence-corrected chi connectivity index (χ3v) is 5.10. The highest BCUT2D eigenvalue weighted by molar-refractivity contribution is 5.78. The zero-order valence-electron chi connectivity index (χ0n) is 18.1. The molecule has 0 fully saturated rings. The fourth-order valence-corrected chi connectivity index (χ4v) is 3.53. The van der Waals surface area contributed by atoms with Crippen molar-refractivity contribution in [3.63, 3.8) is 0 Å². The van der Waals surface area contributed by atoms with Gasteiger partial charge < -0.3 is 30.8 Å². The van der Waals surface area contributed by atoms with E-state index in [1.807, 2.05) is 48.6 Å². The Hall–Kier alpha value is -3.62. The van der Waals surface area contributed by atoms with E-state index in [1.165, 1.54) is 0 Å². The number of H-pyrrole nitrogens is 1. The monoisotopic (exact) mass is 452 g/mol. The first-order chi connectivity index (χ1) is 15.8. The van der Waals surface area contributed by atoms with E-state index in [1.54, 1.807) is 12.2 Å². The second-order valence-electron chi connectivity index (χ2n) is 7.97. The number of hydrogen-bond acceptors (Lipinski definition) is 6. The zero-order chi connectivity index (χ0) is 23.8. The van der Waals surface area contributed by atoms with Crippen LogP contribution in [0.25, 0.3) is 10.9 Å². The van der Waals surface area contributed by atoms with E-state index in [0.29, 0.717) is 29.9 Å². The van der Waals surface area contributed by atoms with Crippen LogP contribution in [-0.4, -0.2) is 45.1 Å². The molecule has 33 heavy (non-hydrogen) atoms. The number of carboxylic acids is 1. The van der Waals surface area contributed by atoms with Crippen molar-refractivity contribution in [1.29, 1.82) is 0 Å². The van der Waals surface area contributed by atoms with Gasteiger partial charge in [-0.2, -0.15) is 0 Å². The predicted molar refractivity (Wildman–Crippen MR) is 125 cm³/mol. The Morgan fingerprint density at radius 1 is 1.24 bits per heavy atom. The molecule has 0 unspecified atom stereocenters. The quantitative estimate of drug-likeness (QED) is 0.372. The molecule has 1 heterocycles. The summed E-state index contributed by atoms with van der Waals surface area (Å²) in [4.78, 5) is 25.8. The van der Waals surface area contributed by atoms with E-state index in [9.17, 15) is 19.8 Å². The average molecular weight is 453 g/mol. The lowest BCUT2D eigenvalue weighted by atomic mass is 10.1. The van der Waals surface area contributed by atoms with Crippen molar-refractivity contribution in [2.75, 3.05) is 6.61 Å². The standard InChI is InChI=1S/C25H28N2O6/c26-19(12-18-11-17-5-1-2-7-23(17)27-25(18)32)10-16-4-3-6-22(9-8-16)33-15-21(29)13-20(28)14-24(30)31/h1-7,9-11,20-21,28-29H,8,12-15,26H2,(H,27,32)(H,30,31)/b19-10-/t20-,21+/m1/s1. The molecular weight excluding hydrogens is 424 g/mol. The Kier molecular flexibility index (Phi) is 8.23. The third-order valence-electron chi connectivity index (χ3n) is 5.10. The largest absolute Gasteiger partial charge is 0.491 e. The number of ether oxygens (including phenoxy) is 1. The number of nitrogens with one attached hydrogen (secondary N) is 1. The molecule has 3 rings (SSSR count). The van der Waals surface area contributed by atoms with Crippen LogP contribution in [0.1, 0.15) is 24.8 Å². The molecule has 1 aromatic heterocycles. The Balaban J connectivity index is 1.56. The van der Waals surface area contributed by atoms with Gasteiger partial charge in [-0.15, -0.1) is 0 Å². The van der Waals surface area contributed by atoms with E-state index in [2.05, 4.69) is 4.98 Å². The number of carboxylic acid groups (broad SMARTS) is 1. The smallest absolute Gasteiger partial charge is 0.305 e. The van der Waals surface area contributed by atoms with Crippen LogP contribution >= 0.6 is 0 Å². The molecule has 8 heteroatoms. The van der Waals surface area contributed by atoms with E-state index in [-0.39, 0.29) is 18.6 Å². The molecule has 1 aliphatic rings. The van der Waals surface area contributed by atoms with Gasteiger partial charge in [0.05, 0.1) is 18.6 Å². The lowest BCUT2D eigenvalue weighted by molar-refractivity contribution is -0.139.